The number of benzene rings is 1. The molecule has 2 atom stereocenters. The van der Waals surface area contributed by atoms with E-state index in [1.807, 2.05) is 38.1 Å². The number of amides is 1. The van der Waals surface area contributed by atoms with E-state index < -0.39 is 0 Å². The lowest BCUT2D eigenvalue weighted by Gasteiger charge is -2.17. The van der Waals surface area contributed by atoms with Crippen LogP contribution >= 0.6 is 0 Å². The molecule has 20 heavy (non-hydrogen) atoms. The summed E-state index contributed by atoms with van der Waals surface area (Å²) in [4.78, 5) is 11.6. The fourth-order valence-corrected chi connectivity index (χ4v) is 1.68. The first-order chi connectivity index (χ1) is 9.52. The first kappa shape index (κ1) is 16.3. The Balaban J connectivity index is 2.36. The summed E-state index contributed by atoms with van der Waals surface area (Å²) in [5.74, 6) is 1.35. The summed E-state index contributed by atoms with van der Waals surface area (Å²) < 4.78 is 11.0. The van der Waals surface area contributed by atoms with Gasteiger partial charge >= 0.3 is 0 Å². The zero-order valence-electron chi connectivity index (χ0n) is 12.4. The molecule has 0 spiro atoms. The zero-order valence-corrected chi connectivity index (χ0v) is 12.4. The van der Waals surface area contributed by atoms with Gasteiger partial charge < -0.3 is 20.5 Å². The lowest BCUT2D eigenvalue weighted by Crippen LogP contribution is -2.34. The highest BCUT2D eigenvalue weighted by Gasteiger charge is 2.10. The molecule has 1 aromatic carbocycles. The van der Waals surface area contributed by atoms with E-state index in [-0.39, 0.29) is 18.1 Å². The maximum absolute atomic E-state index is 11.6. The number of para-hydroxylation sites is 2. The van der Waals surface area contributed by atoms with Gasteiger partial charge in [-0.15, -0.1) is 0 Å². The smallest absolute Gasteiger partial charge is 0.220 e. The van der Waals surface area contributed by atoms with Gasteiger partial charge in [0, 0.05) is 12.5 Å². The van der Waals surface area contributed by atoms with E-state index in [0.717, 1.165) is 0 Å². The molecule has 5 nitrogen and oxygen atoms in total. The Labute approximate surface area is 120 Å². The number of hydrogen-bond acceptors (Lipinski definition) is 4. The van der Waals surface area contributed by atoms with Gasteiger partial charge in [-0.1, -0.05) is 12.1 Å². The van der Waals surface area contributed by atoms with Crippen molar-refractivity contribution in [2.24, 2.45) is 5.73 Å². The van der Waals surface area contributed by atoms with Crippen molar-refractivity contribution in [1.29, 1.82) is 0 Å². The van der Waals surface area contributed by atoms with Crippen LogP contribution in [0.25, 0.3) is 0 Å². The molecule has 1 rings (SSSR count). The monoisotopic (exact) mass is 280 g/mol. The highest BCUT2D eigenvalue weighted by Crippen LogP contribution is 2.26. The maximum Gasteiger partial charge on any atom is 0.220 e. The minimum atomic E-state index is -0.134. The molecule has 0 aliphatic heterocycles. The van der Waals surface area contributed by atoms with Gasteiger partial charge in [0.15, 0.2) is 11.5 Å². The van der Waals surface area contributed by atoms with Crippen molar-refractivity contribution in [2.75, 3.05) is 13.7 Å². The van der Waals surface area contributed by atoms with Crippen LogP contribution in [-0.2, 0) is 4.79 Å². The molecule has 2 unspecified atom stereocenters. The quantitative estimate of drug-likeness (QED) is 0.760. The summed E-state index contributed by atoms with van der Waals surface area (Å²) in [5, 5.41) is 2.84. The number of hydrogen-bond donors (Lipinski definition) is 2. The Morgan fingerprint density at radius 1 is 1.30 bits per heavy atom. The fraction of sp³-hybridized carbons (Fsp3) is 0.533. The van der Waals surface area contributed by atoms with E-state index in [1.165, 1.54) is 0 Å². The molecule has 0 radical (unpaired) electrons. The van der Waals surface area contributed by atoms with Gasteiger partial charge in [-0.2, -0.15) is 0 Å². The number of nitrogens with one attached hydrogen (secondary N) is 1. The normalized spacial score (nSPS) is 13.4. The Kier molecular flexibility index (Phi) is 6.87. The largest absolute Gasteiger partial charge is 0.493 e. The second kappa shape index (κ2) is 8.43. The predicted octanol–water partition coefficient (Wildman–Crippen LogP) is 1.71. The number of ether oxygens (including phenoxy) is 2. The van der Waals surface area contributed by atoms with Gasteiger partial charge in [0.25, 0.3) is 0 Å². The zero-order chi connectivity index (χ0) is 15.0. The minimum Gasteiger partial charge on any atom is -0.493 e. The average molecular weight is 280 g/mol. The van der Waals surface area contributed by atoms with E-state index in [1.54, 1.807) is 7.11 Å². The molecule has 0 bridgehead atoms. The van der Waals surface area contributed by atoms with Crippen LogP contribution in [-0.4, -0.2) is 31.7 Å². The van der Waals surface area contributed by atoms with Crippen molar-refractivity contribution in [1.82, 2.24) is 5.32 Å². The molecule has 0 saturated carbocycles. The van der Waals surface area contributed by atoms with Crippen LogP contribution in [0.2, 0.25) is 0 Å². The Bertz CT molecular complexity index is 421. The Morgan fingerprint density at radius 3 is 2.55 bits per heavy atom. The van der Waals surface area contributed by atoms with Crippen LogP contribution < -0.4 is 20.5 Å². The van der Waals surface area contributed by atoms with Gasteiger partial charge in [0.1, 0.15) is 6.10 Å². The van der Waals surface area contributed by atoms with E-state index in [4.69, 9.17) is 15.2 Å². The topological polar surface area (TPSA) is 73.6 Å². The molecule has 0 fully saturated rings. The molecule has 0 heterocycles. The third-order valence-electron chi connectivity index (χ3n) is 2.81. The molecule has 112 valence electrons. The molecule has 3 N–H and O–H groups in total. The molecule has 5 heteroatoms. The SMILES string of the molecule is COc1ccccc1OC(C)CNC(=O)CCC(C)N. The number of rotatable bonds is 8. The van der Waals surface area contributed by atoms with Crippen molar-refractivity contribution in [3.63, 3.8) is 0 Å². The molecule has 0 aromatic heterocycles. The molecular weight excluding hydrogens is 256 g/mol. The number of carbonyl (C=O) groups excluding carboxylic acids is 1. The van der Waals surface area contributed by atoms with Crippen molar-refractivity contribution in [2.45, 2.75) is 38.8 Å². The van der Waals surface area contributed by atoms with Crippen molar-refractivity contribution >= 4 is 5.91 Å². The van der Waals surface area contributed by atoms with Gasteiger partial charge in [-0.05, 0) is 32.4 Å². The molecule has 0 aliphatic rings. The van der Waals surface area contributed by atoms with Gasteiger partial charge in [0.05, 0.1) is 13.7 Å². The molecule has 0 aliphatic carbocycles. The summed E-state index contributed by atoms with van der Waals surface area (Å²) in [6.45, 7) is 4.24. The van der Waals surface area contributed by atoms with Gasteiger partial charge in [-0.25, -0.2) is 0 Å². The second-order valence-electron chi connectivity index (χ2n) is 4.90. The summed E-state index contributed by atoms with van der Waals surface area (Å²) >= 11 is 0. The first-order valence-electron chi connectivity index (χ1n) is 6.85. The van der Waals surface area contributed by atoms with Crippen LogP contribution in [0.1, 0.15) is 26.7 Å². The van der Waals surface area contributed by atoms with Crippen LogP contribution in [0.4, 0.5) is 0 Å². The molecule has 1 amide bonds. The van der Waals surface area contributed by atoms with E-state index >= 15 is 0 Å². The summed E-state index contributed by atoms with van der Waals surface area (Å²) in [6, 6.07) is 7.48. The minimum absolute atomic E-state index is 0.00206. The molecule has 1 aromatic rings. The van der Waals surface area contributed by atoms with Gasteiger partial charge in [0.2, 0.25) is 5.91 Å². The lowest BCUT2D eigenvalue weighted by atomic mass is 10.2. The number of carbonyl (C=O) groups is 1. The summed E-state index contributed by atoms with van der Waals surface area (Å²) in [7, 11) is 1.60. The molecule has 0 saturated heterocycles. The van der Waals surface area contributed by atoms with E-state index in [0.29, 0.717) is 30.9 Å². The van der Waals surface area contributed by atoms with Gasteiger partial charge in [-0.3, -0.25) is 4.79 Å². The Hall–Kier alpha value is -1.75. The van der Waals surface area contributed by atoms with Crippen molar-refractivity contribution in [3.8, 4) is 11.5 Å². The fourth-order valence-electron chi connectivity index (χ4n) is 1.68. The second-order valence-corrected chi connectivity index (χ2v) is 4.90. The first-order valence-corrected chi connectivity index (χ1v) is 6.85. The maximum atomic E-state index is 11.6. The number of nitrogens with two attached hydrogens (primary N) is 1. The average Bonchev–Trinajstić information content (AvgIpc) is 2.43. The van der Waals surface area contributed by atoms with Crippen molar-refractivity contribution < 1.29 is 14.3 Å². The highest BCUT2D eigenvalue weighted by molar-refractivity contribution is 5.75. The van der Waals surface area contributed by atoms with E-state index in [9.17, 15) is 4.79 Å². The van der Waals surface area contributed by atoms with Crippen molar-refractivity contribution in [3.05, 3.63) is 24.3 Å². The van der Waals surface area contributed by atoms with Crippen LogP contribution in [0, 0.1) is 0 Å². The lowest BCUT2D eigenvalue weighted by molar-refractivity contribution is -0.121. The number of methoxy groups -OCH3 is 1. The summed E-state index contributed by atoms with van der Waals surface area (Å²) in [6.07, 6.45) is 0.998. The van der Waals surface area contributed by atoms with Crippen LogP contribution in [0.15, 0.2) is 24.3 Å². The standard InChI is InChI=1S/C15H24N2O3/c1-11(16)8-9-15(18)17-10-12(2)20-14-7-5-4-6-13(14)19-3/h4-7,11-12H,8-10,16H2,1-3H3,(H,17,18). The summed E-state index contributed by atoms with van der Waals surface area (Å²) in [5.41, 5.74) is 5.61. The molecular formula is C15H24N2O3. The Morgan fingerprint density at radius 2 is 1.95 bits per heavy atom. The van der Waals surface area contributed by atoms with E-state index in [2.05, 4.69) is 5.32 Å². The van der Waals surface area contributed by atoms with Crippen LogP contribution in [0.5, 0.6) is 11.5 Å². The third-order valence-corrected chi connectivity index (χ3v) is 2.81. The highest BCUT2D eigenvalue weighted by atomic mass is 16.5. The van der Waals surface area contributed by atoms with Crippen LogP contribution in [0.3, 0.4) is 0 Å². The third kappa shape index (κ3) is 5.93. The predicted molar refractivity (Wildman–Crippen MR) is 79.0 cm³/mol.